The average Bonchev–Trinajstić information content (AvgIpc) is 2.29. The first-order chi connectivity index (χ1) is 7.16. The van der Waals surface area contributed by atoms with Crippen molar-refractivity contribution in [3.05, 3.63) is 35.4 Å². The Labute approximate surface area is 92.3 Å². The summed E-state index contributed by atoms with van der Waals surface area (Å²) in [6.45, 7) is 4.47. The van der Waals surface area contributed by atoms with Crippen molar-refractivity contribution < 1.29 is 5.11 Å². The molecule has 0 aliphatic heterocycles. The highest BCUT2D eigenvalue weighted by molar-refractivity contribution is 5.28. The van der Waals surface area contributed by atoms with Gasteiger partial charge in [-0.3, -0.25) is 0 Å². The maximum atomic E-state index is 9.06. The maximum Gasteiger partial charge on any atom is 0.0451 e. The minimum atomic E-state index is -0.124. The normalized spacial score (nSPS) is 14.9. The topological polar surface area (TPSA) is 32.3 Å². The van der Waals surface area contributed by atoms with Crippen molar-refractivity contribution in [3.63, 3.8) is 0 Å². The number of aliphatic hydroxyl groups excluding tert-OH is 1. The first kappa shape index (κ1) is 12.2. The van der Waals surface area contributed by atoms with E-state index in [-0.39, 0.29) is 12.1 Å². The zero-order valence-electron chi connectivity index (χ0n) is 9.88. The molecule has 0 bridgehead atoms. The summed E-state index contributed by atoms with van der Waals surface area (Å²) in [6, 6.07) is 8.60. The van der Waals surface area contributed by atoms with Crippen molar-refractivity contribution >= 4 is 0 Å². The zero-order valence-corrected chi connectivity index (χ0v) is 9.88. The van der Waals surface area contributed by atoms with Crippen molar-refractivity contribution in [2.24, 2.45) is 0 Å². The molecular weight excluding hydrogens is 186 g/mol. The molecule has 84 valence electrons. The molecule has 1 aromatic carbocycles. The van der Waals surface area contributed by atoms with E-state index in [0.29, 0.717) is 0 Å². The molecule has 0 saturated heterocycles. The van der Waals surface area contributed by atoms with Gasteiger partial charge in [0.05, 0.1) is 0 Å². The highest BCUT2D eigenvalue weighted by Crippen LogP contribution is 2.24. The third-order valence-electron chi connectivity index (χ3n) is 3.16. The Morgan fingerprint density at radius 1 is 1.27 bits per heavy atom. The summed E-state index contributed by atoms with van der Waals surface area (Å²) in [6.07, 6.45) is 1.80. The number of hydrogen-bond acceptors (Lipinski definition) is 2. The highest BCUT2D eigenvalue weighted by Gasteiger charge is 2.23. The smallest absolute Gasteiger partial charge is 0.0451 e. The minimum Gasteiger partial charge on any atom is -0.396 e. The van der Waals surface area contributed by atoms with Gasteiger partial charge in [-0.25, -0.2) is 0 Å². The number of hydrogen-bond donors (Lipinski definition) is 2. The van der Waals surface area contributed by atoms with Crippen molar-refractivity contribution in [2.45, 2.75) is 32.2 Å². The van der Waals surface area contributed by atoms with Gasteiger partial charge < -0.3 is 10.4 Å². The predicted molar refractivity (Wildman–Crippen MR) is 63.9 cm³/mol. The van der Waals surface area contributed by atoms with Gasteiger partial charge in [0.15, 0.2) is 0 Å². The fourth-order valence-electron chi connectivity index (χ4n) is 1.75. The van der Waals surface area contributed by atoms with Gasteiger partial charge in [-0.2, -0.15) is 0 Å². The summed E-state index contributed by atoms with van der Waals surface area (Å²) in [7, 11) is 1.93. The molecule has 2 nitrogen and oxygen atoms in total. The average molecular weight is 207 g/mol. The molecule has 1 unspecified atom stereocenters. The lowest BCUT2D eigenvalue weighted by Crippen LogP contribution is -2.37. The summed E-state index contributed by atoms with van der Waals surface area (Å²) < 4.78 is 0. The van der Waals surface area contributed by atoms with Crippen LogP contribution in [0.4, 0.5) is 0 Å². The first-order valence-electron chi connectivity index (χ1n) is 5.55. The van der Waals surface area contributed by atoms with Gasteiger partial charge in [0.1, 0.15) is 0 Å². The molecule has 0 aliphatic rings. The van der Waals surface area contributed by atoms with Crippen LogP contribution in [0.1, 0.15) is 31.4 Å². The third-order valence-corrected chi connectivity index (χ3v) is 3.16. The standard InChI is InChI=1S/C13H21NO/c1-4-11-5-7-12(8-6-11)13(2,14-3)9-10-15/h5-8,14-15H,4,9-10H2,1-3H3. The summed E-state index contributed by atoms with van der Waals surface area (Å²) in [5.41, 5.74) is 2.46. The lowest BCUT2D eigenvalue weighted by atomic mass is 9.88. The number of benzene rings is 1. The molecule has 0 saturated carbocycles. The molecule has 1 rings (SSSR count). The predicted octanol–water partition coefficient (Wildman–Crippen LogP) is 2.07. The van der Waals surface area contributed by atoms with E-state index >= 15 is 0 Å². The zero-order chi connectivity index (χ0) is 11.3. The molecule has 2 N–H and O–H groups in total. The van der Waals surface area contributed by atoms with Gasteiger partial charge in [0.25, 0.3) is 0 Å². The summed E-state index contributed by atoms with van der Waals surface area (Å²) in [4.78, 5) is 0. The summed E-state index contributed by atoms with van der Waals surface area (Å²) >= 11 is 0. The Kier molecular flexibility index (Phi) is 4.30. The van der Waals surface area contributed by atoms with Crippen LogP contribution in [-0.4, -0.2) is 18.8 Å². The molecule has 0 heterocycles. The van der Waals surface area contributed by atoms with E-state index in [1.54, 1.807) is 0 Å². The minimum absolute atomic E-state index is 0.124. The van der Waals surface area contributed by atoms with Crippen LogP contribution in [0, 0.1) is 0 Å². The van der Waals surface area contributed by atoms with Crippen molar-refractivity contribution in [1.29, 1.82) is 0 Å². The van der Waals surface area contributed by atoms with E-state index in [4.69, 9.17) is 5.11 Å². The van der Waals surface area contributed by atoms with Gasteiger partial charge in [-0.15, -0.1) is 0 Å². The number of rotatable bonds is 5. The molecule has 0 aromatic heterocycles. The number of nitrogens with one attached hydrogen (secondary N) is 1. The first-order valence-corrected chi connectivity index (χ1v) is 5.55. The molecule has 0 fully saturated rings. The van der Waals surface area contributed by atoms with Gasteiger partial charge in [0.2, 0.25) is 0 Å². The van der Waals surface area contributed by atoms with Crippen LogP contribution < -0.4 is 5.32 Å². The van der Waals surface area contributed by atoms with Crippen LogP contribution in [-0.2, 0) is 12.0 Å². The second-order valence-corrected chi connectivity index (χ2v) is 4.11. The molecule has 1 atom stereocenters. The lowest BCUT2D eigenvalue weighted by Gasteiger charge is -2.29. The number of aliphatic hydroxyl groups is 1. The van der Waals surface area contributed by atoms with E-state index in [9.17, 15) is 0 Å². The van der Waals surface area contributed by atoms with Crippen molar-refractivity contribution in [1.82, 2.24) is 5.32 Å². The van der Waals surface area contributed by atoms with Crippen LogP contribution in [0.5, 0.6) is 0 Å². The van der Waals surface area contributed by atoms with E-state index in [1.165, 1.54) is 11.1 Å². The second-order valence-electron chi connectivity index (χ2n) is 4.11. The summed E-state index contributed by atoms with van der Waals surface area (Å²) in [5.74, 6) is 0. The summed E-state index contributed by atoms with van der Waals surface area (Å²) in [5, 5.41) is 12.3. The molecule has 0 spiro atoms. The van der Waals surface area contributed by atoms with Gasteiger partial charge in [0, 0.05) is 12.1 Å². The Morgan fingerprint density at radius 2 is 1.87 bits per heavy atom. The molecule has 0 amide bonds. The number of aryl methyl sites for hydroxylation is 1. The quantitative estimate of drug-likeness (QED) is 0.774. The van der Waals surface area contributed by atoms with E-state index in [2.05, 4.69) is 43.4 Å². The third kappa shape index (κ3) is 2.80. The van der Waals surface area contributed by atoms with Crippen LogP contribution in [0.2, 0.25) is 0 Å². The molecule has 0 radical (unpaired) electrons. The monoisotopic (exact) mass is 207 g/mol. The Hall–Kier alpha value is -0.860. The maximum absolute atomic E-state index is 9.06. The fourth-order valence-corrected chi connectivity index (χ4v) is 1.75. The fraction of sp³-hybridized carbons (Fsp3) is 0.538. The van der Waals surface area contributed by atoms with E-state index in [1.807, 2.05) is 7.05 Å². The highest BCUT2D eigenvalue weighted by atomic mass is 16.3. The lowest BCUT2D eigenvalue weighted by molar-refractivity contribution is 0.228. The van der Waals surface area contributed by atoms with Gasteiger partial charge >= 0.3 is 0 Å². The second kappa shape index (κ2) is 5.29. The van der Waals surface area contributed by atoms with Crippen LogP contribution in [0.25, 0.3) is 0 Å². The van der Waals surface area contributed by atoms with E-state index in [0.717, 1.165) is 12.8 Å². The molecular formula is C13H21NO. The molecule has 15 heavy (non-hydrogen) atoms. The largest absolute Gasteiger partial charge is 0.396 e. The van der Waals surface area contributed by atoms with Crippen LogP contribution in [0.15, 0.2) is 24.3 Å². The van der Waals surface area contributed by atoms with Crippen molar-refractivity contribution in [2.75, 3.05) is 13.7 Å². The van der Waals surface area contributed by atoms with E-state index < -0.39 is 0 Å². The Bertz CT molecular complexity index is 294. The molecule has 1 aromatic rings. The molecule has 2 heteroatoms. The van der Waals surface area contributed by atoms with Crippen LogP contribution in [0.3, 0.4) is 0 Å². The van der Waals surface area contributed by atoms with Crippen LogP contribution >= 0.6 is 0 Å². The SMILES string of the molecule is CCc1ccc(C(C)(CCO)NC)cc1. The van der Waals surface area contributed by atoms with Gasteiger partial charge in [-0.1, -0.05) is 31.2 Å². The Morgan fingerprint density at radius 3 is 2.27 bits per heavy atom. The van der Waals surface area contributed by atoms with Crippen molar-refractivity contribution in [3.8, 4) is 0 Å². The van der Waals surface area contributed by atoms with Gasteiger partial charge in [-0.05, 0) is 37.9 Å². The Balaban J connectivity index is 2.92. The molecule has 0 aliphatic carbocycles.